The van der Waals surface area contributed by atoms with Crippen LogP contribution >= 0.6 is 0 Å². The van der Waals surface area contributed by atoms with Gasteiger partial charge in [-0.25, -0.2) is 8.42 Å². The van der Waals surface area contributed by atoms with Gasteiger partial charge in [-0.1, -0.05) is 18.6 Å². The van der Waals surface area contributed by atoms with Crippen LogP contribution in [0.3, 0.4) is 0 Å². The van der Waals surface area contributed by atoms with E-state index in [9.17, 15) is 22.0 Å². The predicted octanol–water partition coefficient (Wildman–Crippen LogP) is 1.76. The molecule has 0 spiro atoms. The van der Waals surface area contributed by atoms with E-state index in [0.29, 0.717) is 13.0 Å². The number of para-hydroxylation sites is 1. The van der Waals surface area contributed by atoms with Crippen LogP contribution in [0.15, 0.2) is 29.2 Å². The highest BCUT2D eigenvalue weighted by atomic mass is 32.2. The van der Waals surface area contributed by atoms with Gasteiger partial charge in [-0.05, 0) is 31.5 Å². The summed E-state index contributed by atoms with van der Waals surface area (Å²) in [6.45, 7) is 0.703. The topological polar surface area (TPSA) is 75.3 Å². The highest BCUT2D eigenvalue weighted by Crippen LogP contribution is 2.26. The van der Waals surface area contributed by atoms with Crippen molar-refractivity contribution in [2.75, 3.05) is 11.9 Å². The summed E-state index contributed by atoms with van der Waals surface area (Å²) >= 11 is 0. The number of hydrogen-bond donors (Lipinski definition) is 2. The van der Waals surface area contributed by atoms with E-state index in [1.807, 2.05) is 0 Å². The molecule has 0 bridgehead atoms. The van der Waals surface area contributed by atoms with Crippen molar-refractivity contribution >= 4 is 21.4 Å². The summed E-state index contributed by atoms with van der Waals surface area (Å²) in [7, 11) is -4.75. The molecule has 2 rings (SSSR count). The highest BCUT2D eigenvalue weighted by molar-refractivity contribution is 7.91. The lowest BCUT2D eigenvalue weighted by molar-refractivity contribution is -0.118. The van der Waals surface area contributed by atoms with Crippen molar-refractivity contribution in [1.29, 1.82) is 0 Å². The van der Waals surface area contributed by atoms with Gasteiger partial charge >= 0.3 is 5.76 Å². The molecule has 1 heterocycles. The second-order valence-electron chi connectivity index (χ2n) is 4.79. The molecular formula is C13H16F2N2O3S. The molecule has 1 atom stereocenters. The Bertz CT molecular complexity index is 614. The Labute approximate surface area is 121 Å². The maximum atomic E-state index is 12.7. The molecule has 116 valence electrons. The molecule has 5 nitrogen and oxygen atoms in total. The van der Waals surface area contributed by atoms with E-state index < -0.39 is 32.4 Å². The number of carbonyl (C=O) groups excluding carboxylic acids is 1. The first kappa shape index (κ1) is 15.8. The van der Waals surface area contributed by atoms with Gasteiger partial charge in [0.25, 0.3) is 0 Å². The van der Waals surface area contributed by atoms with E-state index in [1.54, 1.807) is 0 Å². The van der Waals surface area contributed by atoms with E-state index >= 15 is 0 Å². The molecule has 0 saturated carbocycles. The van der Waals surface area contributed by atoms with Crippen LogP contribution in [0.25, 0.3) is 0 Å². The fourth-order valence-electron chi connectivity index (χ4n) is 2.21. The van der Waals surface area contributed by atoms with Gasteiger partial charge in [-0.15, -0.1) is 0 Å². The van der Waals surface area contributed by atoms with Crippen LogP contribution in [0.4, 0.5) is 14.5 Å². The zero-order valence-corrected chi connectivity index (χ0v) is 12.0. The third-order valence-corrected chi connectivity index (χ3v) is 4.75. The number of carbonyl (C=O) groups is 1. The summed E-state index contributed by atoms with van der Waals surface area (Å²) in [5, 5.41) is 5.44. The van der Waals surface area contributed by atoms with Crippen molar-refractivity contribution < 1.29 is 22.0 Å². The minimum Gasteiger partial charge on any atom is -0.324 e. The van der Waals surface area contributed by atoms with Gasteiger partial charge in [-0.3, -0.25) is 4.79 Å². The molecule has 1 saturated heterocycles. The molecule has 1 aliphatic rings. The molecule has 0 aliphatic carbocycles. The van der Waals surface area contributed by atoms with Gasteiger partial charge < -0.3 is 10.6 Å². The molecule has 0 radical (unpaired) electrons. The van der Waals surface area contributed by atoms with Gasteiger partial charge in [0.05, 0.1) is 16.6 Å². The molecule has 0 aromatic heterocycles. The molecule has 1 aliphatic heterocycles. The van der Waals surface area contributed by atoms with Gasteiger partial charge in [-0.2, -0.15) is 8.78 Å². The van der Waals surface area contributed by atoms with E-state index in [1.165, 1.54) is 18.2 Å². The number of piperidine rings is 1. The molecule has 0 unspecified atom stereocenters. The third kappa shape index (κ3) is 3.56. The quantitative estimate of drug-likeness (QED) is 0.887. The van der Waals surface area contributed by atoms with E-state index in [2.05, 4.69) is 10.6 Å². The summed E-state index contributed by atoms with van der Waals surface area (Å²) in [5.41, 5.74) is -0.116. The number of alkyl halides is 2. The highest BCUT2D eigenvalue weighted by Gasteiger charge is 2.30. The third-order valence-electron chi connectivity index (χ3n) is 3.31. The number of sulfone groups is 1. The normalized spacial score (nSPS) is 19.5. The molecule has 2 N–H and O–H groups in total. The number of anilines is 1. The number of nitrogens with one attached hydrogen (secondary N) is 2. The number of benzene rings is 1. The van der Waals surface area contributed by atoms with Crippen molar-refractivity contribution in [3.8, 4) is 0 Å². The first-order chi connectivity index (χ1) is 9.93. The first-order valence-electron chi connectivity index (χ1n) is 6.58. The summed E-state index contributed by atoms with van der Waals surface area (Å²) in [6, 6.07) is 4.75. The van der Waals surface area contributed by atoms with Gasteiger partial charge in [0.2, 0.25) is 15.7 Å². The molecule has 1 fully saturated rings. The standard InChI is InChI=1S/C13H16F2N2O3S/c14-13(15)21(19,20)11-7-2-1-5-9(11)17-12(18)10-6-3-4-8-16-10/h1-2,5,7,10,13,16H,3-4,6,8H2,(H,17,18)/t10-/m0/s1. The van der Waals surface area contributed by atoms with Crippen LogP contribution in [0.2, 0.25) is 0 Å². The molecule has 8 heteroatoms. The number of rotatable bonds is 4. The monoisotopic (exact) mass is 318 g/mol. The zero-order valence-electron chi connectivity index (χ0n) is 11.2. The Hall–Kier alpha value is -1.54. The second-order valence-corrected chi connectivity index (χ2v) is 6.68. The largest absolute Gasteiger partial charge is 0.341 e. The average Bonchev–Trinajstić information content (AvgIpc) is 2.48. The summed E-state index contributed by atoms with van der Waals surface area (Å²) in [4.78, 5) is 11.5. The Morgan fingerprint density at radius 2 is 2.00 bits per heavy atom. The number of halogens is 2. The molecule has 1 amide bonds. The second kappa shape index (κ2) is 6.48. The van der Waals surface area contributed by atoms with Crippen LogP contribution in [0.5, 0.6) is 0 Å². The fourth-order valence-corrected chi connectivity index (χ4v) is 3.10. The van der Waals surface area contributed by atoms with Crippen molar-refractivity contribution in [2.24, 2.45) is 0 Å². The van der Waals surface area contributed by atoms with Gasteiger partial charge in [0.15, 0.2) is 0 Å². The van der Waals surface area contributed by atoms with Crippen molar-refractivity contribution in [3.05, 3.63) is 24.3 Å². The predicted molar refractivity (Wildman–Crippen MR) is 73.9 cm³/mol. The Kier molecular flexibility index (Phi) is 4.89. The number of amides is 1. The lowest BCUT2D eigenvalue weighted by Crippen LogP contribution is -2.43. The van der Waals surface area contributed by atoms with Crippen LogP contribution in [0, 0.1) is 0 Å². The van der Waals surface area contributed by atoms with Gasteiger partial charge in [0, 0.05) is 0 Å². The maximum absolute atomic E-state index is 12.7. The Balaban J connectivity index is 2.23. The van der Waals surface area contributed by atoms with Gasteiger partial charge in [0.1, 0.15) is 0 Å². The van der Waals surface area contributed by atoms with Crippen molar-refractivity contribution in [3.63, 3.8) is 0 Å². The van der Waals surface area contributed by atoms with Crippen molar-refractivity contribution in [2.45, 2.75) is 36.0 Å². The van der Waals surface area contributed by atoms with Crippen LogP contribution < -0.4 is 10.6 Å². The molecule has 1 aromatic rings. The van der Waals surface area contributed by atoms with E-state index in [-0.39, 0.29) is 5.69 Å². The fraction of sp³-hybridized carbons (Fsp3) is 0.462. The van der Waals surface area contributed by atoms with Crippen LogP contribution in [-0.2, 0) is 14.6 Å². The average molecular weight is 318 g/mol. The lowest BCUT2D eigenvalue weighted by atomic mass is 10.0. The number of hydrogen-bond acceptors (Lipinski definition) is 4. The van der Waals surface area contributed by atoms with E-state index in [4.69, 9.17) is 0 Å². The minimum atomic E-state index is -4.75. The molecule has 21 heavy (non-hydrogen) atoms. The van der Waals surface area contributed by atoms with Crippen LogP contribution in [-0.4, -0.2) is 32.7 Å². The first-order valence-corrected chi connectivity index (χ1v) is 8.13. The molecular weight excluding hydrogens is 302 g/mol. The summed E-state index contributed by atoms with van der Waals surface area (Å²) in [5.74, 6) is -3.94. The Morgan fingerprint density at radius 1 is 1.29 bits per heavy atom. The SMILES string of the molecule is O=C(Nc1ccccc1S(=O)(=O)C(F)F)[C@@H]1CCCCN1. The summed E-state index contributed by atoms with van der Waals surface area (Å²) in [6.07, 6.45) is 2.50. The van der Waals surface area contributed by atoms with Crippen molar-refractivity contribution in [1.82, 2.24) is 5.32 Å². The minimum absolute atomic E-state index is 0.116. The smallest absolute Gasteiger partial charge is 0.324 e. The van der Waals surface area contributed by atoms with Crippen LogP contribution in [0.1, 0.15) is 19.3 Å². The lowest BCUT2D eigenvalue weighted by Gasteiger charge is -2.23. The summed E-state index contributed by atoms with van der Waals surface area (Å²) < 4.78 is 48.5. The maximum Gasteiger partial charge on any atom is 0.341 e. The zero-order chi connectivity index (χ0) is 15.5. The van der Waals surface area contributed by atoms with E-state index in [0.717, 1.165) is 18.9 Å². The molecule has 1 aromatic carbocycles. The Morgan fingerprint density at radius 3 is 2.62 bits per heavy atom.